The van der Waals surface area contributed by atoms with Gasteiger partial charge in [-0.3, -0.25) is 0 Å². The first-order valence-corrected chi connectivity index (χ1v) is 3.52. The Balaban J connectivity index is 3.26. The van der Waals surface area contributed by atoms with Crippen LogP contribution in [0.15, 0.2) is 19.0 Å². The first kappa shape index (κ1) is 9.84. The molecule has 0 saturated carbocycles. The van der Waals surface area contributed by atoms with Crippen molar-refractivity contribution in [3.63, 3.8) is 0 Å². The Hall–Kier alpha value is -2.25. The van der Waals surface area contributed by atoms with Crippen molar-refractivity contribution >= 4 is 11.6 Å². The van der Waals surface area contributed by atoms with Crippen molar-refractivity contribution < 1.29 is 9.85 Å². The molecule has 8 nitrogen and oxygen atoms in total. The van der Waals surface area contributed by atoms with Gasteiger partial charge in [-0.25, -0.2) is 0 Å². The van der Waals surface area contributed by atoms with Crippen molar-refractivity contribution in [2.45, 2.75) is 6.54 Å². The molecule has 14 heavy (non-hydrogen) atoms. The number of imidazole rings is 1. The summed E-state index contributed by atoms with van der Waals surface area (Å²) in [5, 5.41) is 20.8. The van der Waals surface area contributed by atoms with Crippen LogP contribution in [0.5, 0.6) is 0 Å². The van der Waals surface area contributed by atoms with E-state index in [1.54, 1.807) is 0 Å². The average Bonchev–Trinajstić information content (AvgIpc) is 2.48. The Labute approximate surface area is 77.8 Å². The SMILES string of the molecule is C=CCn1cnc([N+](=O)[O-])c1[N+](=O)[O-]. The van der Waals surface area contributed by atoms with Gasteiger partial charge in [0.1, 0.15) is 6.54 Å². The van der Waals surface area contributed by atoms with Gasteiger partial charge in [0, 0.05) is 4.98 Å². The summed E-state index contributed by atoms with van der Waals surface area (Å²) in [7, 11) is 0. The number of aromatic nitrogens is 2. The van der Waals surface area contributed by atoms with Gasteiger partial charge in [-0.15, -0.1) is 0 Å². The molecule has 0 spiro atoms. The lowest BCUT2D eigenvalue weighted by molar-refractivity contribution is -0.428. The largest absolute Gasteiger partial charge is 0.462 e. The summed E-state index contributed by atoms with van der Waals surface area (Å²) in [4.78, 5) is 22.4. The summed E-state index contributed by atoms with van der Waals surface area (Å²) < 4.78 is 1.05. The van der Waals surface area contributed by atoms with Crippen LogP contribution in [0.25, 0.3) is 0 Å². The smallest absolute Gasteiger partial charge is 0.358 e. The highest BCUT2D eigenvalue weighted by Gasteiger charge is 2.31. The summed E-state index contributed by atoms with van der Waals surface area (Å²) in [5.74, 6) is -1.38. The Morgan fingerprint density at radius 3 is 2.57 bits per heavy atom. The van der Waals surface area contributed by atoms with E-state index in [0.29, 0.717) is 0 Å². The summed E-state index contributed by atoms with van der Waals surface area (Å²) >= 11 is 0. The second-order valence-corrected chi connectivity index (χ2v) is 2.35. The predicted molar refractivity (Wildman–Crippen MR) is 45.7 cm³/mol. The highest BCUT2D eigenvalue weighted by Crippen LogP contribution is 2.24. The molecule has 0 saturated heterocycles. The zero-order valence-electron chi connectivity index (χ0n) is 6.99. The zero-order chi connectivity index (χ0) is 10.7. The van der Waals surface area contributed by atoms with Crippen LogP contribution in [-0.2, 0) is 6.54 Å². The molecule has 0 atom stereocenters. The molecule has 1 heterocycles. The summed E-state index contributed by atoms with van der Waals surface area (Å²) in [6.07, 6.45) is 2.43. The molecule has 0 amide bonds. The third kappa shape index (κ3) is 1.58. The molecule has 0 bridgehead atoms. The third-order valence-corrected chi connectivity index (χ3v) is 1.46. The fraction of sp³-hybridized carbons (Fsp3) is 0.167. The van der Waals surface area contributed by atoms with E-state index in [1.165, 1.54) is 6.08 Å². The van der Waals surface area contributed by atoms with E-state index >= 15 is 0 Å². The lowest BCUT2D eigenvalue weighted by Crippen LogP contribution is -2.02. The monoisotopic (exact) mass is 198 g/mol. The minimum Gasteiger partial charge on any atom is -0.358 e. The number of nitro groups is 2. The van der Waals surface area contributed by atoms with Crippen molar-refractivity contribution in [3.8, 4) is 0 Å². The van der Waals surface area contributed by atoms with E-state index in [-0.39, 0.29) is 6.54 Å². The molecule has 0 unspecified atom stereocenters. The molecule has 1 aromatic heterocycles. The van der Waals surface area contributed by atoms with Crippen LogP contribution in [0.2, 0.25) is 0 Å². The fourth-order valence-corrected chi connectivity index (χ4v) is 0.953. The van der Waals surface area contributed by atoms with Gasteiger partial charge in [-0.05, 0) is 9.85 Å². The predicted octanol–water partition coefficient (Wildman–Crippen LogP) is 0.885. The van der Waals surface area contributed by atoms with Crippen molar-refractivity contribution in [2.24, 2.45) is 0 Å². The average molecular weight is 198 g/mol. The molecule has 0 aliphatic rings. The quantitative estimate of drug-likeness (QED) is 0.405. The molecule has 0 aliphatic heterocycles. The van der Waals surface area contributed by atoms with Crippen molar-refractivity contribution in [3.05, 3.63) is 39.2 Å². The Kier molecular flexibility index (Phi) is 2.56. The maximum Gasteiger partial charge on any atom is 0.462 e. The highest BCUT2D eigenvalue weighted by molar-refractivity contribution is 5.40. The van der Waals surface area contributed by atoms with Crippen molar-refractivity contribution in [1.82, 2.24) is 9.55 Å². The Bertz CT molecular complexity index is 397. The van der Waals surface area contributed by atoms with Crippen molar-refractivity contribution in [1.29, 1.82) is 0 Å². The summed E-state index contributed by atoms with van der Waals surface area (Å²) in [6.45, 7) is 3.48. The molecule has 0 aromatic carbocycles. The number of rotatable bonds is 4. The number of allylic oxidation sites excluding steroid dienone is 1. The van der Waals surface area contributed by atoms with Gasteiger partial charge in [0.2, 0.25) is 0 Å². The van der Waals surface area contributed by atoms with Crippen LogP contribution in [0, 0.1) is 20.2 Å². The second-order valence-electron chi connectivity index (χ2n) is 2.35. The topological polar surface area (TPSA) is 104 Å². The minimum atomic E-state index is -0.891. The lowest BCUT2D eigenvalue weighted by atomic mass is 10.5. The maximum atomic E-state index is 10.5. The molecule has 74 valence electrons. The maximum absolute atomic E-state index is 10.5. The van der Waals surface area contributed by atoms with E-state index < -0.39 is 21.5 Å². The van der Waals surface area contributed by atoms with E-state index in [9.17, 15) is 20.2 Å². The fourth-order valence-electron chi connectivity index (χ4n) is 0.953. The van der Waals surface area contributed by atoms with E-state index in [4.69, 9.17) is 0 Å². The van der Waals surface area contributed by atoms with Crippen LogP contribution < -0.4 is 0 Å². The third-order valence-electron chi connectivity index (χ3n) is 1.46. The summed E-state index contributed by atoms with van der Waals surface area (Å²) in [5.41, 5.74) is 0. The van der Waals surface area contributed by atoms with Gasteiger partial charge >= 0.3 is 11.6 Å². The van der Waals surface area contributed by atoms with Crippen LogP contribution in [0.3, 0.4) is 0 Å². The zero-order valence-corrected chi connectivity index (χ0v) is 6.99. The number of hydrogen-bond donors (Lipinski definition) is 0. The van der Waals surface area contributed by atoms with E-state index in [2.05, 4.69) is 11.6 Å². The van der Waals surface area contributed by atoms with Gasteiger partial charge in [0.25, 0.3) is 6.33 Å². The van der Waals surface area contributed by atoms with Gasteiger partial charge < -0.3 is 20.2 Å². The van der Waals surface area contributed by atoms with Gasteiger partial charge in [0.05, 0.1) is 0 Å². The van der Waals surface area contributed by atoms with Crippen LogP contribution >= 0.6 is 0 Å². The van der Waals surface area contributed by atoms with E-state index in [0.717, 1.165) is 10.9 Å². The number of nitrogens with zero attached hydrogens (tertiary/aromatic N) is 4. The van der Waals surface area contributed by atoms with Crippen LogP contribution in [0.4, 0.5) is 11.6 Å². The molecular formula is C6H6N4O4. The molecule has 0 aliphatic carbocycles. The Morgan fingerprint density at radius 1 is 1.50 bits per heavy atom. The molecule has 0 radical (unpaired) electrons. The van der Waals surface area contributed by atoms with Crippen LogP contribution in [-0.4, -0.2) is 19.4 Å². The van der Waals surface area contributed by atoms with Crippen molar-refractivity contribution in [2.75, 3.05) is 0 Å². The minimum absolute atomic E-state index is 0.108. The van der Waals surface area contributed by atoms with Crippen LogP contribution in [0.1, 0.15) is 0 Å². The second kappa shape index (κ2) is 3.64. The number of hydrogen-bond acceptors (Lipinski definition) is 5. The molecule has 0 N–H and O–H groups in total. The lowest BCUT2D eigenvalue weighted by Gasteiger charge is -1.95. The molecule has 8 heteroatoms. The normalized spacial score (nSPS) is 9.71. The standard InChI is InChI=1S/C6H6N4O4/c1-2-3-8-4-7-5(9(11)12)6(8)10(13)14/h2,4H,1,3H2. The molecule has 0 fully saturated rings. The highest BCUT2D eigenvalue weighted by atomic mass is 16.6. The summed E-state index contributed by atoms with van der Waals surface area (Å²) in [6, 6.07) is 0. The molecule has 1 rings (SSSR count). The van der Waals surface area contributed by atoms with Gasteiger partial charge in [-0.1, -0.05) is 12.7 Å². The molecular weight excluding hydrogens is 192 g/mol. The first-order chi connectivity index (χ1) is 6.57. The molecule has 1 aromatic rings. The Morgan fingerprint density at radius 2 is 2.14 bits per heavy atom. The van der Waals surface area contributed by atoms with Gasteiger partial charge in [0.15, 0.2) is 0 Å². The van der Waals surface area contributed by atoms with E-state index in [1.807, 2.05) is 0 Å². The van der Waals surface area contributed by atoms with Gasteiger partial charge in [-0.2, -0.15) is 4.57 Å². The first-order valence-electron chi connectivity index (χ1n) is 3.52.